The van der Waals surface area contributed by atoms with Crippen LogP contribution in [0.15, 0.2) is 28.9 Å². The number of nitrogens with zero attached hydrogens (tertiary/aromatic N) is 2. The van der Waals surface area contributed by atoms with Crippen LogP contribution in [0.4, 0.5) is 8.78 Å². The first-order chi connectivity index (χ1) is 9.52. The summed E-state index contributed by atoms with van der Waals surface area (Å²) in [7, 11) is 1.82. The number of aromatic nitrogens is 2. The van der Waals surface area contributed by atoms with E-state index in [4.69, 9.17) is 5.84 Å². The largest absolute Gasteiger partial charge is 0.273 e. The van der Waals surface area contributed by atoms with Crippen molar-refractivity contribution in [1.82, 2.24) is 15.2 Å². The van der Waals surface area contributed by atoms with E-state index in [0.717, 1.165) is 5.69 Å². The van der Waals surface area contributed by atoms with Crippen molar-refractivity contribution in [3.05, 3.63) is 51.8 Å². The SMILES string of the molecule is Cn1nccc1CCC(NN)c1c(F)cc(Br)cc1F. The van der Waals surface area contributed by atoms with Crippen LogP contribution in [0, 0.1) is 11.6 Å². The van der Waals surface area contributed by atoms with Gasteiger partial charge in [0, 0.05) is 29.0 Å². The third-order valence-corrected chi connectivity index (χ3v) is 3.66. The van der Waals surface area contributed by atoms with Crippen molar-refractivity contribution in [1.29, 1.82) is 0 Å². The summed E-state index contributed by atoms with van der Waals surface area (Å²) in [6, 6.07) is 3.72. The fourth-order valence-electron chi connectivity index (χ4n) is 2.14. The molecule has 0 aliphatic heterocycles. The smallest absolute Gasteiger partial charge is 0.132 e. The van der Waals surface area contributed by atoms with Gasteiger partial charge in [0.15, 0.2) is 0 Å². The Kier molecular flexibility index (Phi) is 4.85. The first-order valence-electron chi connectivity index (χ1n) is 6.10. The molecule has 0 aliphatic carbocycles. The number of nitrogens with one attached hydrogen (secondary N) is 1. The predicted octanol–water partition coefficient (Wildman–Crippen LogP) is 2.60. The summed E-state index contributed by atoms with van der Waals surface area (Å²) in [5.74, 6) is 4.20. The molecule has 0 radical (unpaired) electrons. The fourth-order valence-corrected chi connectivity index (χ4v) is 2.54. The number of benzene rings is 1. The molecule has 20 heavy (non-hydrogen) atoms. The number of hydrogen-bond acceptors (Lipinski definition) is 3. The number of hydrogen-bond donors (Lipinski definition) is 2. The van der Waals surface area contributed by atoms with Gasteiger partial charge in [0.05, 0.1) is 6.04 Å². The number of nitrogens with two attached hydrogens (primary N) is 1. The van der Waals surface area contributed by atoms with Crippen molar-refractivity contribution >= 4 is 15.9 Å². The van der Waals surface area contributed by atoms with E-state index in [2.05, 4.69) is 26.5 Å². The summed E-state index contributed by atoms with van der Waals surface area (Å²) in [5.41, 5.74) is 3.41. The van der Waals surface area contributed by atoms with Gasteiger partial charge in [0.2, 0.25) is 0 Å². The molecule has 4 nitrogen and oxygen atoms in total. The van der Waals surface area contributed by atoms with Gasteiger partial charge in [-0.25, -0.2) is 8.78 Å². The molecular weight excluding hydrogens is 330 g/mol. The summed E-state index contributed by atoms with van der Waals surface area (Å²) in [6.07, 6.45) is 2.76. The highest BCUT2D eigenvalue weighted by molar-refractivity contribution is 9.10. The van der Waals surface area contributed by atoms with Crippen LogP contribution in [0.3, 0.4) is 0 Å². The fraction of sp³-hybridized carbons (Fsp3) is 0.308. The Bertz CT molecular complexity index is 577. The van der Waals surface area contributed by atoms with Crippen molar-refractivity contribution in [2.45, 2.75) is 18.9 Å². The Labute approximate surface area is 124 Å². The van der Waals surface area contributed by atoms with Crippen molar-refractivity contribution in [3.8, 4) is 0 Å². The molecule has 1 aromatic heterocycles. The monoisotopic (exact) mass is 344 g/mol. The van der Waals surface area contributed by atoms with Crippen LogP contribution in [0.25, 0.3) is 0 Å². The molecule has 7 heteroatoms. The van der Waals surface area contributed by atoms with Gasteiger partial charge in [-0.1, -0.05) is 15.9 Å². The molecule has 0 bridgehead atoms. The van der Waals surface area contributed by atoms with Crippen molar-refractivity contribution in [2.24, 2.45) is 12.9 Å². The van der Waals surface area contributed by atoms with Gasteiger partial charge in [0.25, 0.3) is 0 Å². The maximum Gasteiger partial charge on any atom is 0.132 e. The molecule has 1 atom stereocenters. The number of halogens is 3. The first-order valence-corrected chi connectivity index (χ1v) is 6.89. The Morgan fingerprint density at radius 3 is 2.55 bits per heavy atom. The standard InChI is InChI=1S/C13H15BrF2N4/c1-20-9(4-5-18-20)2-3-12(19-17)13-10(15)6-8(14)7-11(13)16/h4-7,12,19H,2-3,17H2,1H3. The van der Waals surface area contributed by atoms with Gasteiger partial charge >= 0.3 is 0 Å². The molecule has 108 valence electrons. The Hall–Kier alpha value is -1.31. The molecule has 1 aromatic carbocycles. The van der Waals surface area contributed by atoms with E-state index in [1.807, 2.05) is 13.1 Å². The lowest BCUT2D eigenvalue weighted by atomic mass is 10.0. The lowest BCUT2D eigenvalue weighted by molar-refractivity contribution is 0.449. The number of aryl methyl sites for hydroxylation is 2. The second kappa shape index (κ2) is 6.43. The summed E-state index contributed by atoms with van der Waals surface area (Å²) >= 11 is 3.05. The molecule has 1 unspecified atom stereocenters. The molecule has 1 heterocycles. The van der Waals surface area contributed by atoms with E-state index < -0.39 is 17.7 Å². The van der Waals surface area contributed by atoms with Crippen LogP contribution in [0.5, 0.6) is 0 Å². The maximum absolute atomic E-state index is 13.9. The summed E-state index contributed by atoms with van der Waals surface area (Å²) in [5, 5.41) is 4.05. The normalized spacial score (nSPS) is 12.7. The second-order valence-corrected chi connectivity index (χ2v) is 5.40. The molecule has 0 amide bonds. The molecule has 0 fully saturated rings. The van der Waals surface area contributed by atoms with Crippen LogP contribution in [-0.4, -0.2) is 9.78 Å². The van der Waals surface area contributed by atoms with Gasteiger partial charge in [-0.2, -0.15) is 5.10 Å². The lowest BCUT2D eigenvalue weighted by Gasteiger charge is -2.18. The first kappa shape index (κ1) is 15.1. The summed E-state index contributed by atoms with van der Waals surface area (Å²) < 4.78 is 29.9. The van der Waals surface area contributed by atoms with Crippen molar-refractivity contribution in [2.75, 3.05) is 0 Å². The highest BCUT2D eigenvalue weighted by atomic mass is 79.9. The molecule has 2 aromatic rings. The molecule has 0 spiro atoms. The van der Waals surface area contributed by atoms with Gasteiger partial charge < -0.3 is 0 Å². The van der Waals surface area contributed by atoms with Crippen LogP contribution in [0.2, 0.25) is 0 Å². The van der Waals surface area contributed by atoms with E-state index in [-0.39, 0.29) is 5.56 Å². The zero-order valence-corrected chi connectivity index (χ0v) is 12.5. The molecule has 0 saturated heterocycles. The van der Waals surface area contributed by atoms with E-state index in [1.165, 1.54) is 12.1 Å². The Morgan fingerprint density at radius 2 is 2.05 bits per heavy atom. The van der Waals surface area contributed by atoms with Crippen LogP contribution < -0.4 is 11.3 Å². The quantitative estimate of drug-likeness (QED) is 0.647. The van der Waals surface area contributed by atoms with Crippen LogP contribution >= 0.6 is 15.9 Å². The summed E-state index contributed by atoms with van der Waals surface area (Å²) in [4.78, 5) is 0. The lowest BCUT2D eigenvalue weighted by Crippen LogP contribution is -2.30. The Balaban J connectivity index is 2.18. The zero-order chi connectivity index (χ0) is 14.7. The molecular formula is C13H15BrF2N4. The third-order valence-electron chi connectivity index (χ3n) is 3.21. The molecule has 3 N–H and O–H groups in total. The van der Waals surface area contributed by atoms with E-state index in [1.54, 1.807) is 10.9 Å². The summed E-state index contributed by atoms with van der Waals surface area (Å²) in [6.45, 7) is 0. The molecule has 0 aliphatic rings. The third kappa shape index (κ3) is 3.23. The molecule has 2 rings (SSSR count). The topological polar surface area (TPSA) is 55.9 Å². The van der Waals surface area contributed by atoms with E-state index in [9.17, 15) is 8.78 Å². The minimum Gasteiger partial charge on any atom is -0.273 e. The highest BCUT2D eigenvalue weighted by Crippen LogP contribution is 2.27. The predicted molar refractivity (Wildman–Crippen MR) is 75.7 cm³/mol. The minimum absolute atomic E-state index is 0.0436. The average molecular weight is 345 g/mol. The number of hydrazine groups is 1. The molecule has 0 saturated carbocycles. The zero-order valence-electron chi connectivity index (χ0n) is 10.9. The van der Waals surface area contributed by atoms with Crippen molar-refractivity contribution in [3.63, 3.8) is 0 Å². The Morgan fingerprint density at radius 1 is 1.40 bits per heavy atom. The maximum atomic E-state index is 13.9. The van der Waals surface area contributed by atoms with E-state index in [0.29, 0.717) is 17.3 Å². The van der Waals surface area contributed by atoms with Gasteiger partial charge in [-0.3, -0.25) is 16.0 Å². The van der Waals surface area contributed by atoms with Gasteiger partial charge in [-0.15, -0.1) is 0 Å². The van der Waals surface area contributed by atoms with E-state index >= 15 is 0 Å². The van der Waals surface area contributed by atoms with Gasteiger partial charge in [0.1, 0.15) is 11.6 Å². The highest BCUT2D eigenvalue weighted by Gasteiger charge is 2.20. The van der Waals surface area contributed by atoms with Crippen LogP contribution in [0.1, 0.15) is 23.7 Å². The van der Waals surface area contributed by atoms with Crippen molar-refractivity contribution < 1.29 is 8.78 Å². The minimum atomic E-state index is -0.621. The van der Waals surface area contributed by atoms with Crippen LogP contribution in [-0.2, 0) is 13.5 Å². The van der Waals surface area contributed by atoms with Gasteiger partial charge in [-0.05, 0) is 31.0 Å². The second-order valence-electron chi connectivity index (χ2n) is 4.49. The average Bonchev–Trinajstić information content (AvgIpc) is 2.78. The number of rotatable bonds is 5.